The number of aryl methyl sites for hydroxylation is 1. The number of carbonyl (C=O) groups excluding carboxylic acids is 3. The maximum Gasteiger partial charge on any atom is 0.340 e. The molecule has 0 atom stereocenters. The lowest BCUT2D eigenvalue weighted by Gasteiger charge is -2.14. The van der Waals surface area contributed by atoms with Crippen LogP contribution in [0.2, 0.25) is 5.02 Å². The number of rotatable bonds is 7. The summed E-state index contributed by atoms with van der Waals surface area (Å²) in [5.74, 6) is -0.858. The SMILES string of the molecule is COc1ccc(Cl)cc1-n1c(C)cc(C(=O)OCC(=O)NCC(=O)N(C)C)c1C. The zero-order valence-electron chi connectivity index (χ0n) is 17.0. The van der Waals surface area contributed by atoms with Gasteiger partial charge in [0.1, 0.15) is 5.75 Å². The molecule has 0 aliphatic rings. The Balaban J connectivity index is 2.14. The van der Waals surface area contributed by atoms with Gasteiger partial charge in [0.15, 0.2) is 6.61 Å². The van der Waals surface area contributed by atoms with E-state index in [4.69, 9.17) is 21.1 Å². The number of methoxy groups -OCH3 is 1. The van der Waals surface area contributed by atoms with Crippen LogP contribution in [0.5, 0.6) is 5.75 Å². The lowest BCUT2D eigenvalue weighted by molar-refractivity contribution is -0.131. The first kappa shape index (κ1) is 22.3. The number of halogens is 1. The van der Waals surface area contributed by atoms with E-state index in [0.29, 0.717) is 27.7 Å². The maximum atomic E-state index is 12.5. The molecule has 0 aliphatic heterocycles. The molecule has 0 aliphatic carbocycles. The van der Waals surface area contributed by atoms with Gasteiger partial charge >= 0.3 is 5.97 Å². The first-order chi connectivity index (χ1) is 13.6. The van der Waals surface area contributed by atoms with Gasteiger partial charge in [-0.15, -0.1) is 0 Å². The largest absolute Gasteiger partial charge is 0.495 e. The highest BCUT2D eigenvalue weighted by molar-refractivity contribution is 6.30. The fraction of sp³-hybridized carbons (Fsp3) is 0.350. The van der Waals surface area contributed by atoms with E-state index in [1.165, 1.54) is 4.90 Å². The van der Waals surface area contributed by atoms with Crippen molar-refractivity contribution in [3.63, 3.8) is 0 Å². The molecule has 0 saturated carbocycles. The normalized spacial score (nSPS) is 10.4. The molecule has 1 aromatic heterocycles. The average molecular weight is 422 g/mol. The molecule has 156 valence electrons. The summed E-state index contributed by atoms with van der Waals surface area (Å²) in [6.07, 6.45) is 0. The molecule has 0 unspecified atom stereocenters. The average Bonchev–Trinajstić information content (AvgIpc) is 2.98. The first-order valence-corrected chi connectivity index (χ1v) is 9.20. The van der Waals surface area contributed by atoms with Gasteiger partial charge in [-0.3, -0.25) is 9.59 Å². The van der Waals surface area contributed by atoms with E-state index in [1.807, 2.05) is 11.5 Å². The van der Waals surface area contributed by atoms with Crippen LogP contribution >= 0.6 is 11.6 Å². The van der Waals surface area contributed by atoms with Crippen molar-refractivity contribution in [3.05, 3.63) is 46.2 Å². The van der Waals surface area contributed by atoms with Gasteiger partial charge in [-0.25, -0.2) is 4.79 Å². The third-order valence-electron chi connectivity index (χ3n) is 4.30. The molecule has 0 fully saturated rings. The Kier molecular flexibility index (Phi) is 7.28. The Morgan fingerprint density at radius 3 is 2.48 bits per heavy atom. The summed E-state index contributed by atoms with van der Waals surface area (Å²) in [6, 6.07) is 6.87. The number of nitrogens with zero attached hydrogens (tertiary/aromatic N) is 2. The molecule has 0 spiro atoms. The van der Waals surface area contributed by atoms with E-state index in [0.717, 1.165) is 5.69 Å². The minimum Gasteiger partial charge on any atom is -0.495 e. The summed E-state index contributed by atoms with van der Waals surface area (Å²) in [5.41, 5.74) is 2.41. The van der Waals surface area contributed by atoms with Crippen LogP contribution in [0.4, 0.5) is 0 Å². The van der Waals surface area contributed by atoms with Crippen molar-refractivity contribution in [3.8, 4) is 11.4 Å². The van der Waals surface area contributed by atoms with E-state index >= 15 is 0 Å². The minimum absolute atomic E-state index is 0.160. The van der Waals surface area contributed by atoms with Crippen LogP contribution < -0.4 is 10.1 Å². The molecule has 0 bridgehead atoms. The van der Waals surface area contributed by atoms with E-state index in [-0.39, 0.29) is 12.5 Å². The van der Waals surface area contributed by atoms with Crippen LogP contribution in [0.3, 0.4) is 0 Å². The van der Waals surface area contributed by atoms with Gasteiger partial charge in [-0.05, 0) is 38.1 Å². The number of hydrogen-bond donors (Lipinski definition) is 1. The molecule has 29 heavy (non-hydrogen) atoms. The molecular formula is C20H24ClN3O5. The minimum atomic E-state index is -0.639. The molecule has 1 heterocycles. The van der Waals surface area contributed by atoms with Gasteiger partial charge in [-0.1, -0.05) is 11.6 Å². The molecule has 0 saturated heterocycles. The standard InChI is InChI=1S/C20H24ClN3O5/c1-12-8-15(20(27)29-11-18(25)22-10-19(26)23(3)4)13(2)24(12)16-9-14(21)6-7-17(16)28-5/h6-9H,10-11H2,1-5H3,(H,22,25). The maximum absolute atomic E-state index is 12.5. The monoisotopic (exact) mass is 421 g/mol. The van der Waals surface area contributed by atoms with Gasteiger partial charge in [0.05, 0.1) is 24.9 Å². The van der Waals surface area contributed by atoms with Gasteiger partial charge in [0.25, 0.3) is 5.91 Å². The second-order valence-corrected chi connectivity index (χ2v) is 7.01. The molecule has 0 radical (unpaired) electrons. The molecule has 2 aromatic rings. The number of aromatic nitrogens is 1. The molecule has 2 amide bonds. The molecule has 1 aromatic carbocycles. The number of hydrogen-bond acceptors (Lipinski definition) is 5. The zero-order valence-corrected chi connectivity index (χ0v) is 17.8. The predicted molar refractivity (Wildman–Crippen MR) is 109 cm³/mol. The number of ether oxygens (including phenoxy) is 2. The van der Waals surface area contributed by atoms with Crippen molar-refractivity contribution in [2.45, 2.75) is 13.8 Å². The van der Waals surface area contributed by atoms with E-state index in [9.17, 15) is 14.4 Å². The van der Waals surface area contributed by atoms with Gasteiger partial charge in [0, 0.05) is 30.5 Å². The van der Waals surface area contributed by atoms with Crippen molar-refractivity contribution < 1.29 is 23.9 Å². The number of esters is 1. The molecule has 9 heteroatoms. The number of carbonyl (C=O) groups is 3. The topological polar surface area (TPSA) is 89.9 Å². The van der Waals surface area contributed by atoms with Crippen molar-refractivity contribution in [1.29, 1.82) is 0 Å². The summed E-state index contributed by atoms with van der Waals surface area (Å²) >= 11 is 6.12. The Morgan fingerprint density at radius 2 is 1.86 bits per heavy atom. The lowest BCUT2D eigenvalue weighted by Crippen LogP contribution is -2.38. The summed E-state index contributed by atoms with van der Waals surface area (Å²) in [6.45, 7) is 2.96. The Hall–Kier alpha value is -3.00. The smallest absolute Gasteiger partial charge is 0.340 e. The number of nitrogens with one attached hydrogen (secondary N) is 1. The van der Waals surface area contributed by atoms with Crippen molar-refractivity contribution >= 4 is 29.4 Å². The van der Waals surface area contributed by atoms with Crippen LogP contribution in [0.15, 0.2) is 24.3 Å². The first-order valence-electron chi connectivity index (χ1n) is 8.82. The second kappa shape index (κ2) is 9.47. The van der Waals surface area contributed by atoms with Gasteiger partial charge in [0.2, 0.25) is 5.91 Å². The van der Waals surface area contributed by atoms with Crippen molar-refractivity contribution in [2.75, 3.05) is 34.4 Å². The molecule has 2 rings (SSSR count). The highest BCUT2D eigenvalue weighted by Gasteiger charge is 2.21. The van der Waals surface area contributed by atoms with Crippen LogP contribution in [-0.2, 0) is 14.3 Å². The van der Waals surface area contributed by atoms with Crippen LogP contribution in [0, 0.1) is 13.8 Å². The number of benzene rings is 1. The number of amides is 2. The van der Waals surface area contributed by atoms with Crippen molar-refractivity contribution in [2.24, 2.45) is 0 Å². The Labute approximate surface area is 174 Å². The quantitative estimate of drug-likeness (QED) is 0.691. The highest BCUT2D eigenvalue weighted by atomic mass is 35.5. The third-order valence-corrected chi connectivity index (χ3v) is 4.54. The molecule has 8 nitrogen and oxygen atoms in total. The van der Waals surface area contributed by atoms with E-state index in [2.05, 4.69) is 5.32 Å². The van der Waals surface area contributed by atoms with Crippen LogP contribution in [-0.4, -0.2) is 61.6 Å². The zero-order chi connectivity index (χ0) is 21.7. The molecule has 1 N–H and O–H groups in total. The van der Waals surface area contributed by atoms with Gasteiger partial charge < -0.3 is 24.3 Å². The highest BCUT2D eigenvalue weighted by Crippen LogP contribution is 2.30. The summed E-state index contributed by atoms with van der Waals surface area (Å²) < 4.78 is 12.3. The lowest BCUT2D eigenvalue weighted by atomic mass is 10.2. The fourth-order valence-corrected chi connectivity index (χ4v) is 2.94. The van der Waals surface area contributed by atoms with E-state index < -0.39 is 18.5 Å². The number of likely N-dealkylation sites (N-methyl/N-ethyl adjacent to an activating group) is 1. The van der Waals surface area contributed by atoms with Crippen LogP contribution in [0.1, 0.15) is 21.7 Å². The Bertz CT molecular complexity index is 936. The van der Waals surface area contributed by atoms with Crippen molar-refractivity contribution in [1.82, 2.24) is 14.8 Å². The predicted octanol–water partition coefficient (Wildman–Crippen LogP) is 2.12. The van der Waals surface area contributed by atoms with E-state index in [1.54, 1.807) is 52.4 Å². The fourth-order valence-electron chi connectivity index (χ4n) is 2.77. The third kappa shape index (κ3) is 5.29. The van der Waals surface area contributed by atoms with Gasteiger partial charge in [-0.2, -0.15) is 0 Å². The molecular weight excluding hydrogens is 398 g/mol. The second-order valence-electron chi connectivity index (χ2n) is 6.58. The Morgan fingerprint density at radius 1 is 1.17 bits per heavy atom. The summed E-state index contributed by atoms with van der Waals surface area (Å²) in [5, 5.41) is 2.93. The van der Waals surface area contributed by atoms with Crippen LogP contribution in [0.25, 0.3) is 5.69 Å². The summed E-state index contributed by atoms with van der Waals surface area (Å²) in [4.78, 5) is 37.1. The summed E-state index contributed by atoms with van der Waals surface area (Å²) in [7, 11) is 4.72.